The van der Waals surface area contributed by atoms with Gasteiger partial charge in [0, 0.05) is 45.8 Å². The lowest BCUT2D eigenvalue weighted by Gasteiger charge is -2.32. The quantitative estimate of drug-likeness (QED) is 0.773. The maximum Gasteiger partial charge on any atom is 0.232 e. The van der Waals surface area contributed by atoms with Gasteiger partial charge in [0.1, 0.15) is 0 Å². The number of carbonyl (C=O) groups is 1. The number of benzene rings is 1. The van der Waals surface area contributed by atoms with Crippen molar-refractivity contribution in [2.75, 3.05) is 49.2 Å². The highest BCUT2D eigenvalue weighted by Crippen LogP contribution is 2.22. The lowest BCUT2D eigenvalue weighted by Crippen LogP contribution is -2.41. The maximum atomic E-state index is 12.4. The van der Waals surface area contributed by atoms with E-state index in [1.54, 1.807) is 12.1 Å². The fourth-order valence-electron chi connectivity index (χ4n) is 3.17. The number of likely N-dealkylation sites (tertiary alicyclic amines) is 1. The van der Waals surface area contributed by atoms with Crippen molar-refractivity contribution in [1.82, 2.24) is 4.90 Å². The smallest absolute Gasteiger partial charge is 0.232 e. The highest BCUT2D eigenvalue weighted by atomic mass is 32.2. The summed E-state index contributed by atoms with van der Waals surface area (Å²) in [6, 6.07) is 7.32. The van der Waals surface area contributed by atoms with Crippen molar-refractivity contribution in [2.45, 2.75) is 26.2 Å². The van der Waals surface area contributed by atoms with Crippen molar-refractivity contribution in [3.8, 4) is 0 Å². The minimum Gasteiger partial charge on any atom is -0.378 e. The third-order valence-electron chi connectivity index (χ3n) is 4.59. The van der Waals surface area contributed by atoms with Crippen LogP contribution in [0.4, 0.5) is 11.4 Å². The number of hydrogen-bond acceptors (Lipinski definition) is 4. The van der Waals surface area contributed by atoms with Crippen LogP contribution in [0.5, 0.6) is 0 Å². The van der Waals surface area contributed by atoms with Crippen molar-refractivity contribution in [3.63, 3.8) is 0 Å². The van der Waals surface area contributed by atoms with Crippen molar-refractivity contribution in [1.29, 1.82) is 0 Å². The van der Waals surface area contributed by atoms with Gasteiger partial charge in [0.05, 0.1) is 11.9 Å². The first kappa shape index (κ1) is 19.6. The van der Waals surface area contributed by atoms with Crippen molar-refractivity contribution >= 4 is 27.3 Å². The Morgan fingerprint density at radius 3 is 2.32 bits per heavy atom. The van der Waals surface area contributed by atoms with Crippen LogP contribution in [0.1, 0.15) is 26.2 Å². The number of piperidine rings is 1. The van der Waals surface area contributed by atoms with Gasteiger partial charge in [-0.05, 0) is 43.0 Å². The zero-order valence-corrected chi connectivity index (χ0v) is 16.4. The van der Waals surface area contributed by atoms with E-state index in [-0.39, 0.29) is 18.9 Å². The minimum absolute atomic E-state index is 0.0325. The van der Waals surface area contributed by atoms with E-state index < -0.39 is 10.0 Å². The van der Waals surface area contributed by atoms with E-state index in [9.17, 15) is 13.2 Å². The van der Waals surface area contributed by atoms with Gasteiger partial charge in [-0.2, -0.15) is 0 Å². The van der Waals surface area contributed by atoms with Crippen LogP contribution in [0.15, 0.2) is 24.3 Å². The molecule has 1 fully saturated rings. The van der Waals surface area contributed by atoms with Gasteiger partial charge < -0.3 is 9.80 Å². The third kappa shape index (κ3) is 5.36. The summed E-state index contributed by atoms with van der Waals surface area (Å²) < 4.78 is 25.7. The minimum atomic E-state index is -3.44. The summed E-state index contributed by atoms with van der Waals surface area (Å²) in [6.07, 6.45) is 3.56. The van der Waals surface area contributed by atoms with Crippen LogP contribution in [-0.4, -0.2) is 59.2 Å². The Balaban J connectivity index is 2.07. The average Bonchev–Trinajstić information content (AvgIpc) is 2.54. The molecule has 1 amide bonds. The van der Waals surface area contributed by atoms with Crippen molar-refractivity contribution < 1.29 is 13.2 Å². The monoisotopic (exact) mass is 367 g/mol. The first-order chi connectivity index (χ1) is 11.7. The van der Waals surface area contributed by atoms with E-state index in [1.165, 1.54) is 10.6 Å². The van der Waals surface area contributed by atoms with E-state index in [0.717, 1.165) is 31.6 Å². The average molecular weight is 368 g/mol. The number of carbonyl (C=O) groups excluding carboxylic acids is 1. The lowest BCUT2D eigenvalue weighted by atomic mass is 10.00. The normalized spacial score (nSPS) is 18.1. The third-order valence-corrected chi connectivity index (χ3v) is 5.79. The molecule has 25 heavy (non-hydrogen) atoms. The van der Waals surface area contributed by atoms with Gasteiger partial charge in [0.2, 0.25) is 15.9 Å². The first-order valence-corrected chi connectivity index (χ1v) is 10.6. The van der Waals surface area contributed by atoms with Gasteiger partial charge in [0.15, 0.2) is 0 Å². The molecule has 1 saturated heterocycles. The molecule has 1 atom stereocenters. The van der Waals surface area contributed by atoms with Crippen LogP contribution in [0.2, 0.25) is 0 Å². The Bertz CT molecular complexity index is 686. The van der Waals surface area contributed by atoms with Gasteiger partial charge in [-0.1, -0.05) is 6.92 Å². The Kier molecular flexibility index (Phi) is 6.32. The van der Waals surface area contributed by atoms with Crippen LogP contribution in [0.25, 0.3) is 0 Å². The molecule has 0 saturated carbocycles. The highest BCUT2D eigenvalue weighted by Gasteiger charge is 2.23. The molecular weight excluding hydrogens is 338 g/mol. The van der Waals surface area contributed by atoms with Gasteiger partial charge in [0.25, 0.3) is 0 Å². The summed E-state index contributed by atoms with van der Waals surface area (Å²) in [4.78, 5) is 16.3. The Morgan fingerprint density at radius 1 is 1.20 bits per heavy atom. The van der Waals surface area contributed by atoms with Crippen LogP contribution >= 0.6 is 0 Å². The molecule has 0 spiro atoms. The standard InChI is InChI=1S/C18H29N3O3S/c1-15-6-5-12-20(14-15)18(22)11-13-21(25(4,23)24)17-9-7-16(8-10-17)19(2)3/h7-10,15H,5-6,11-14H2,1-4H3. The summed E-state index contributed by atoms with van der Waals surface area (Å²) >= 11 is 0. The van der Waals surface area contributed by atoms with Crippen LogP contribution in [-0.2, 0) is 14.8 Å². The molecule has 0 N–H and O–H groups in total. The molecule has 1 aliphatic rings. The molecule has 2 rings (SSSR count). The maximum absolute atomic E-state index is 12.4. The first-order valence-electron chi connectivity index (χ1n) is 8.71. The lowest BCUT2D eigenvalue weighted by molar-refractivity contribution is -0.132. The Labute approximate surface area is 151 Å². The molecule has 140 valence electrons. The van der Waals surface area contributed by atoms with E-state index in [0.29, 0.717) is 11.6 Å². The zero-order chi connectivity index (χ0) is 18.6. The van der Waals surface area contributed by atoms with Crippen LogP contribution < -0.4 is 9.21 Å². The number of sulfonamides is 1. The van der Waals surface area contributed by atoms with E-state index in [1.807, 2.05) is 36.0 Å². The van der Waals surface area contributed by atoms with Gasteiger partial charge in [-0.3, -0.25) is 9.10 Å². The number of amides is 1. The molecule has 6 nitrogen and oxygen atoms in total. The predicted octanol–water partition coefficient (Wildman–Crippen LogP) is 2.17. The zero-order valence-electron chi connectivity index (χ0n) is 15.6. The fourth-order valence-corrected chi connectivity index (χ4v) is 4.10. The van der Waals surface area contributed by atoms with Crippen LogP contribution in [0.3, 0.4) is 0 Å². The molecular formula is C18H29N3O3S. The summed E-state index contributed by atoms with van der Waals surface area (Å²) in [5, 5.41) is 0. The molecule has 1 aromatic carbocycles. The second kappa shape index (κ2) is 8.08. The Morgan fingerprint density at radius 2 is 1.80 bits per heavy atom. The number of anilines is 2. The van der Waals surface area contributed by atoms with E-state index >= 15 is 0 Å². The van der Waals surface area contributed by atoms with Crippen LogP contribution in [0, 0.1) is 5.92 Å². The SMILES string of the molecule is CC1CCCN(C(=O)CCN(c2ccc(N(C)C)cc2)S(C)(=O)=O)C1. The molecule has 1 unspecified atom stereocenters. The molecule has 0 radical (unpaired) electrons. The van der Waals surface area contributed by atoms with E-state index in [2.05, 4.69) is 6.92 Å². The second-order valence-corrected chi connectivity index (χ2v) is 8.99. The predicted molar refractivity (Wildman–Crippen MR) is 103 cm³/mol. The van der Waals surface area contributed by atoms with E-state index in [4.69, 9.17) is 0 Å². The fraction of sp³-hybridized carbons (Fsp3) is 0.611. The molecule has 0 aromatic heterocycles. The number of rotatable bonds is 6. The summed E-state index contributed by atoms with van der Waals surface area (Å²) in [7, 11) is 0.425. The molecule has 0 bridgehead atoms. The molecule has 1 heterocycles. The molecule has 1 aromatic rings. The van der Waals surface area contributed by atoms with Gasteiger partial charge >= 0.3 is 0 Å². The molecule has 0 aliphatic carbocycles. The summed E-state index contributed by atoms with van der Waals surface area (Å²) in [5.74, 6) is 0.549. The molecule has 7 heteroatoms. The van der Waals surface area contributed by atoms with Crippen molar-refractivity contribution in [2.24, 2.45) is 5.92 Å². The largest absolute Gasteiger partial charge is 0.378 e. The molecule has 1 aliphatic heterocycles. The number of nitrogens with zero attached hydrogens (tertiary/aromatic N) is 3. The van der Waals surface area contributed by atoms with Gasteiger partial charge in [-0.25, -0.2) is 8.42 Å². The number of hydrogen-bond donors (Lipinski definition) is 0. The van der Waals surface area contributed by atoms with Crippen molar-refractivity contribution in [3.05, 3.63) is 24.3 Å². The van der Waals surface area contributed by atoms with Gasteiger partial charge in [-0.15, -0.1) is 0 Å². The summed E-state index contributed by atoms with van der Waals surface area (Å²) in [6.45, 7) is 3.87. The Hall–Kier alpha value is -1.76. The highest BCUT2D eigenvalue weighted by molar-refractivity contribution is 7.92. The second-order valence-electron chi connectivity index (χ2n) is 7.08. The topological polar surface area (TPSA) is 60.9 Å². The summed E-state index contributed by atoms with van der Waals surface area (Å²) in [5.41, 5.74) is 1.59.